The number of carboxylic acid groups (broad SMARTS) is 1. The third-order valence-corrected chi connectivity index (χ3v) is 6.22. The second-order valence-corrected chi connectivity index (χ2v) is 8.76. The van der Waals surface area contributed by atoms with Gasteiger partial charge in [-0.3, -0.25) is 0 Å². The fraction of sp³-hybridized carbons (Fsp3) is 0.222. The number of aromatic nitrogens is 1. The van der Waals surface area contributed by atoms with Crippen molar-refractivity contribution in [2.45, 2.75) is 32.5 Å². The molecule has 186 valence electrons. The Balaban J connectivity index is 1.71. The summed E-state index contributed by atoms with van der Waals surface area (Å²) in [5.41, 5.74) is 3.32. The molecule has 0 saturated carbocycles. The number of rotatable bonds is 11. The third-order valence-electron chi connectivity index (χ3n) is 5.48. The van der Waals surface area contributed by atoms with Crippen molar-refractivity contribution in [2.24, 2.45) is 0 Å². The van der Waals surface area contributed by atoms with Crippen molar-refractivity contribution in [3.63, 3.8) is 0 Å². The van der Waals surface area contributed by atoms with Crippen LogP contribution in [0.3, 0.4) is 0 Å². The highest BCUT2D eigenvalue weighted by atomic mass is 32.1. The van der Waals surface area contributed by atoms with Crippen molar-refractivity contribution in [3.05, 3.63) is 87.9 Å². The Morgan fingerprint density at radius 3 is 2.72 bits per heavy atom. The highest BCUT2D eigenvalue weighted by Crippen LogP contribution is 2.38. The number of hydrogen-bond donors (Lipinski definition) is 0. The Morgan fingerprint density at radius 2 is 2.00 bits per heavy atom. The van der Waals surface area contributed by atoms with Crippen LogP contribution < -0.4 is 14.6 Å². The molecule has 0 aliphatic rings. The molecule has 4 rings (SSSR count). The van der Waals surface area contributed by atoms with E-state index in [-0.39, 0.29) is 24.4 Å². The van der Waals surface area contributed by atoms with Gasteiger partial charge in [-0.25, -0.2) is 9.78 Å². The smallest absolute Gasteiger partial charge is 0.360 e. The summed E-state index contributed by atoms with van der Waals surface area (Å²) in [6, 6.07) is 14.8. The summed E-state index contributed by atoms with van der Waals surface area (Å²) in [4.78, 5) is 27.4. The number of ether oxygens (including phenoxy) is 3. The average molecular weight is 507 g/mol. The summed E-state index contributed by atoms with van der Waals surface area (Å²) < 4.78 is 22.6. The quantitative estimate of drug-likeness (QED) is 0.269. The largest absolute Gasteiger partial charge is 0.550 e. The van der Waals surface area contributed by atoms with Crippen LogP contribution in [0.25, 0.3) is 11.5 Å². The standard InChI is InChI=1S/C27H25NO7S/c1-17-5-3-4-6-20(17)23(9-10-25(29)30)35-24-13-19(33-14-18-11-12-36-16-18)7-8-21(24)26-28-22(15-34-26)27(31)32-2/h3-8,11-13,15-16,23H,9-10,14H2,1-2H3,(H,29,30)/p-1. The average Bonchev–Trinajstić information content (AvgIpc) is 3.58. The number of thiophene rings is 1. The van der Waals surface area contributed by atoms with Crippen molar-refractivity contribution in [1.29, 1.82) is 0 Å². The maximum Gasteiger partial charge on any atom is 0.360 e. The van der Waals surface area contributed by atoms with E-state index in [4.69, 9.17) is 18.6 Å². The molecule has 9 heteroatoms. The van der Waals surface area contributed by atoms with E-state index in [1.54, 1.807) is 29.5 Å². The molecule has 0 spiro atoms. The maximum absolute atomic E-state index is 11.9. The molecule has 36 heavy (non-hydrogen) atoms. The number of carboxylic acids is 1. The number of esters is 1. The van der Waals surface area contributed by atoms with E-state index < -0.39 is 18.0 Å². The molecule has 8 nitrogen and oxygen atoms in total. The zero-order chi connectivity index (χ0) is 25.5. The third kappa shape index (κ3) is 6.11. The second kappa shape index (κ2) is 11.5. The van der Waals surface area contributed by atoms with Crippen molar-refractivity contribution >= 4 is 23.3 Å². The monoisotopic (exact) mass is 506 g/mol. The Bertz CT molecular complexity index is 1330. The number of carbonyl (C=O) groups excluding carboxylic acids is 2. The predicted molar refractivity (Wildman–Crippen MR) is 131 cm³/mol. The first-order valence-electron chi connectivity index (χ1n) is 11.2. The predicted octanol–water partition coefficient (Wildman–Crippen LogP) is 4.73. The summed E-state index contributed by atoms with van der Waals surface area (Å²) in [6.45, 7) is 2.31. The Hall–Kier alpha value is -4.11. The minimum atomic E-state index is -1.17. The van der Waals surface area contributed by atoms with Gasteiger partial charge < -0.3 is 28.5 Å². The summed E-state index contributed by atoms with van der Waals surface area (Å²) in [5, 5.41) is 15.2. The van der Waals surface area contributed by atoms with Crippen LogP contribution in [0.4, 0.5) is 0 Å². The molecule has 1 unspecified atom stereocenters. The summed E-state index contributed by atoms with van der Waals surface area (Å²) in [5.74, 6) is -0.736. The summed E-state index contributed by atoms with van der Waals surface area (Å²) in [7, 11) is 1.26. The van der Waals surface area contributed by atoms with Crippen LogP contribution in [-0.4, -0.2) is 24.0 Å². The molecule has 2 heterocycles. The fourth-order valence-electron chi connectivity index (χ4n) is 3.63. The zero-order valence-electron chi connectivity index (χ0n) is 19.8. The number of methoxy groups -OCH3 is 1. The molecule has 2 aromatic heterocycles. The van der Waals surface area contributed by atoms with Crippen LogP contribution in [-0.2, 0) is 16.1 Å². The van der Waals surface area contributed by atoms with Crippen molar-refractivity contribution in [3.8, 4) is 23.0 Å². The second-order valence-electron chi connectivity index (χ2n) is 7.98. The summed E-state index contributed by atoms with van der Waals surface area (Å²) >= 11 is 1.58. The normalized spacial score (nSPS) is 11.6. The van der Waals surface area contributed by atoms with Crippen molar-refractivity contribution in [2.75, 3.05) is 7.11 Å². The topological polar surface area (TPSA) is 111 Å². The van der Waals surface area contributed by atoms with E-state index in [0.29, 0.717) is 23.7 Å². The molecule has 0 bridgehead atoms. The lowest BCUT2D eigenvalue weighted by molar-refractivity contribution is -0.306. The van der Waals surface area contributed by atoms with Crippen LogP contribution in [0, 0.1) is 6.92 Å². The van der Waals surface area contributed by atoms with E-state index in [0.717, 1.165) is 16.7 Å². The van der Waals surface area contributed by atoms with Gasteiger partial charge in [-0.1, -0.05) is 24.3 Å². The molecule has 0 radical (unpaired) electrons. The van der Waals surface area contributed by atoms with Crippen LogP contribution in [0.15, 0.2) is 70.0 Å². The number of oxazole rings is 1. The van der Waals surface area contributed by atoms with Gasteiger partial charge in [-0.2, -0.15) is 11.3 Å². The minimum Gasteiger partial charge on any atom is -0.550 e. The first-order valence-corrected chi connectivity index (χ1v) is 12.1. The van der Waals surface area contributed by atoms with E-state index in [1.165, 1.54) is 13.4 Å². The van der Waals surface area contributed by atoms with Crippen LogP contribution >= 0.6 is 11.3 Å². The van der Waals surface area contributed by atoms with Crippen LogP contribution in [0.5, 0.6) is 11.5 Å². The number of aliphatic carboxylic acids is 1. The zero-order valence-corrected chi connectivity index (χ0v) is 20.6. The fourth-order valence-corrected chi connectivity index (χ4v) is 4.29. The SMILES string of the molecule is COC(=O)c1coc(-c2ccc(OCc3ccsc3)cc2OC(CCC(=O)[O-])c2ccccc2C)n1. The Morgan fingerprint density at radius 1 is 1.17 bits per heavy atom. The van der Waals surface area contributed by atoms with Gasteiger partial charge in [0.2, 0.25) is 5.89 Å². The molecular formula is C27H24NO7S-. The van der Waals surface area contributed by atoms with Crippen LogP contribution in [0.1, 0.15) is 46.1 Å². The van der Waals surface area contributed by atoms with Gasteiger partial charge in [0.1, 0.15) is 30.5 Å². The Kier molecular flexibility index (Phi) is 8.02. The van der Waals surface area contributed by atoms with Crippen molar-refractivity contribution < 1.29 is 33.3 Å². The lowest BCUT2D eigenvalue weighted by Crippen LogP contribution is -2.23. The molecule has 4 aromatic rings. The molecule has 1 atom stereocenters. The molecular weight excluding hydrogens is 482 g/mol. The molecule has 0 aliphatic carbocycles. The van der Waals surface area contributed by atoms with Gasteiger partial charge in [-0.05, 0) is 65.4 Å². The highest BCUT2D eigenvalue weighted by Gasteiger charge is 2.22. The molecule has 2 aromatic carbocycles. The van der Waals surface area contributed by atoms with Crippen LogP contribution in [0.2, 0.25) is 0 Å². The van der Waals surface area contributed by atoms with E-state index in [9.17, 15) is 14.7 Å². The molecule has 0 amide bonds. The summed E-state index contributed by atoms with van der Waals surface area (Å²) in [6.07, 6.45) is 0.616. The van der Waals surface area contributed by atoms with Gasteiger partial charge >= 0.3 is 5.97 Å². The van der Waals surface area contributed by atoms with E-state index in [2.05, 4.69) is 4.98 Å². The van der Waals surface area contributed by atoms with E-state index >= 15 is 0 Å². The van der Waals surface area contributed by atoms with Gasteiger partial charge in [-0.15, -0.1) is 0 Å². The van der Waals surface area contributed by atoms with Gasteiger partial charge in [0.25, 0.3) is 0 Å². The number of carbonyl (C=O) groups is 2. The molecule has 0 aliphatic heterocycles. The highest BCUT2D eigenvalue weighted by molar-refractivity contribution is 7.07. The lowest BCUT2D eigenvalue weighted by atomic mass is 9.99. The Labute approximate surface area is 212 Å². The van der Waals surface area contributed by atoms with Gasteiger partial charge in [0, 0.05) is 12.0 Å². The number of aryl methyl sites for hydroxylation is 1. The van der Waals surface area contributed by atoms with Gasteiger partial charge in [0.05, 0.1) is 12.7 Å². The first kappa shape index (κ1) is 25.0. The maximum atomic E-state index is 11.9. The lowest BCUT2D eigenvalue weighted by Gasteiger charge is -2.23. The molecule has 0 fully saturated rings. The molecule has 0 saturated heterocycles. The van der Waals surface area contributed by atoms with Crippen molar-refractivity contribution in [1.82, 2.24) is 4.98 Å². The number of benzene rings is 2. The minimum absolute atomic E-state index is 0.0173. The van der Waals surface area contributed by atoms with E-state index in [1.807, 2.05) is 48.0 Å². The first-order chi connectivity index (χ1) is 17.4. The number of nitrogens with zero attached hydrogens (tertiary/aromatic N) is 1. The molecule has 0 N–H and O–H groups in total. The number of hydrogen-bond acceptors (Lipinski definition) is 9. The van der Waals surface area contributed by atoms with Gasteiger partial charge in [0.15, 0.2) is 5.69 Å².